The van der Waals surface area contributed by atoms with Gasteiger partial charge in [0.2, 0.25) is 5.91 Å². The Labute approximate surface area is 131 Å². The third kappa shape index (κ3) is 7.47. The van der Waals surface area contributed by atoms with Crippen LogP contribution in [0.4, 0.5) is 0 Å². The van der Waals surface area contributed by atoms with Crippen molar-refractivity contribution in [3.63, 3.8) is 0 Å². The molecule has 0 atom stereocenters. The lowest BCUT2D eigenvalue weighted by Crippen LogP contribution is -2.22. The van der Waals surface area contributed by atoms with Crippen LogP contribution in [0.15, 0.2) is 30.3 Å². The largest absolute Gasteiger partial charge is 0.493 e. The lowest BCUT2D eigenvalue weighted by atomic mass is 10.2. The van der Waals surface area contributed by atoms with Crippen LogP contribution in [0.3, 0.4) is 0 Å². The lowest BCUT2D eigenvalue weighted by Gasteiger charge is -2.06. The average molecular weight is 305 g/mol. The van der Waals surface area contributed by atoms with Gasteiger partial charge >= 0.3 is 5.97 Å². The Balaban J connectivity index is 2.31. The number of para-hydroxylation sites is 1. The van der Waals surface area contributed by atoms with Crippen LogP contribution in [0.1, 0.15) is 38.2 Å². The maximum atomic E-state index is 11.7. The van der Waals surface area contributed by atoms with Crippen molar-refractivity contribution in [2.75, 3.05) is 13.2 Å². The van der Waals surface area contributed by atoms with E-state index in [0.717, 1.165) is 24.2 Å². The van der Waals surface area contributed by atoms with Crippen molar-refractivity contribution in [3.05, 3.63) is 35.9 Å². The molecule has 0 heterocycles. The van der Waals surface area contributed by atoms with Crippen molar-refractivity contribution in [1.82, 2.24) is 5.32 Å². The minimum atomic E-state index is -0.778. The SMILES string of the molecule is CCOc1ccccc1/C=C/C(=O)NCCCCCC(=O)O. The molecule has 1 aromatic rings. The third-order valence-electron chi connectivity index (χ3n) is 3.00. The second-order valence-electron chi connectivity index (χ2n) is 4.80. The Morgan fingerprint density at radius 2 is 2.00 bits per heavy atom. The summed E-state index contributed by atoms with van der Waals surface area (Å²) in [6.07, 6.45) is 5.61. The van der Waals surface area contributed by atoms with E-state index >= 15 is 0 Å². The van der Waals surface area contributed by atoms with E-state index in [4.69, 9.17) is 9.84 Å². The van der Waals surface area contributed by atoms with Crippen LogP contribution in [-0.2, 0) is 9.59 Å². The highest BCUT2D eigenvalue weighted by molar-refractivity contribution is 5.92. The quantitative estimate of drug-likeness (QED) is 0.515. The first-order valence-corrected chi connectivity index (χ1v) is 7.53. The van der Waals surface area contributed by atoms with Gasteiger partial charge < -0.3 is 15.2 Å². The molecule has 0 aliphatic heterocycles. The smallest absolute Gasteiger partial charge is 0.303 e. The molecular formula is C17H23NO4. The van der Waals surface area contributed by atoms with Gasteiger partial charge in [-0.1, -0.05) is 24.6 Å². The van der Waals surface area contributed by atoms with Crippen LogP contribution in [0.2, 0.25) is 0 Å². The fourth-order valence-electron chi connectivity index (χ4n) is 1.92. The zero-order valence-electron chi connectivity index (χ0n) is 12.9. The van der Waals surface area contributed by atoms with Gasteiger partial charge in [0, 0.05) is 24.6 Å². The van der Waals surface area contributed by atoms with Crippen molar-refractivity contribution in [1.29, 1.82) is 0 Å². The zero-order valence-corrected chi connectivity index (χ0v) is 12.9. The van der Waals surface area contributed by atoms with Gasteiger partial charge in [-0.25, -0.2) is 0 Å². The third-order valence-corrected chi connectivity index (χ3v) is 3.00. The molecule has 1 amide bonds. The summed E-state index contributed by atoms with van der Waals surface area (Å²) in [6, 6.07) is 7.53. The number of rotatable bonds is 10. The molecule has 0 aliphatic rings. The molecule has 22 heavy (non-hydrogen) atoms. The molecule has 0 radical (unpaired) electrons. The number of hydrogen-bond acceptors (Lipinski definition) is 3. The highest BCUT2D eigenvalue weighted by atomic mass is 16.5. The number of unbranched alkanes of at least 4 members (excludes halogenated alkanes) is 2. The first-order valence-electron chi connectivity index (χ1n) is 7.53. The highest BCUT2D eigenvalue weighted by Crippen LogP contribution is 2.19. The van der Waals surface area contributed by atoms with Crippen molar-refractivity contribution < 1.29 is 19.4 Å². The molecule has 0 unspecified atom stereocenters. The van der Waals surface area contributed by atoms with E-state index in [0.29, 0.717) is 19.6 Å². The summed E-state index contributed by atoms with van der Waals surface area (Å²) in [4.78, 5) is 22.0. The number of carboxylic acid groups (broad SMARTS) is 1. The van der Waals surface area contributed by atoms with Crippen LogP contribution in [-0.4, -0.2) is 30.1 Å². The molecule has 0 bridgehead atoms. The standard InChI is InChI=1S/C17H23NO4/c1-2-22-15-9-6-5-8-14(15)11-12-16(19)18-13-7-3-4-10-17(20)21/h5-6,8-9,11-12H,2-4,7,10,13H2,1H3,(H,18,19)(H,20,21)/b12-11+. The van der Waals surface area contributed by atoms with Crippen LogP contribution in [0.5, 0.6) is 5.75 Å². The summed E-state index contributed by atoms with van der Waals surface area (Å²) >= 11 is 0. The molecule has 1 rings (SSSR count). The molecule has 5 nitrogen and oxygen atoms in total. The number of aliphatic carboxylic acids is 1. The highest BCUT2D eigenvalue weighted by Gasteiger charge is 2.00. The van der Waals surface area contributed by atoms with Crippen LogP contribution < -0.4 is 10.1 Å². The van der Waals surface area contributed by atoms with E-state index < -0.39 is 5.97 Å². The van der Waals surface area contributed by atoms with Crippen molar-refractivity contribution in [2.24, 2.45) is 0 Å². The molecule has 0 saturated carbocycles. The topological polar surface area (TPSA) is 75.6 Å². The maximum Gasteiger partial charge on any atom is 0.303 e. The molecule has 5 heteroatoms. The molecule has 0 aromatic heterocycles. The number of carbonyl (C=O) groups is 2. The van der Waals surface area contributed by atoms with Gasteiger partial charge in [0.15, 0.2) is 0 Å². The molecular weight excluding hydrogens is 282 g/mol. The average Bonchev–Trinajstić information content (AvgIpc) is 2.50. The van der Waals surface area contributed by atoms with Crippen molar-refractivity contribution in [3.8, 4) is 5.75 Å². The number of carbonyl (C=O) groups excluding carboxylic acids is 1. The van der Waals surface area contributed by atoms with E-state index in [1.54, 1.807) is 6.08 Å². The molecule has 0 spiro atoms. The van der Waals surface area contributed by atoms with Gasteiger partial charge in [-0.3, -0.25) is 9.59 Å². The molecule has 0 saturated heterocycles. The number of nitrogens with one attached hydrogen (secondary N) is 1. The monoisotopic (exact) mass is 305 g/mol. The van der Waals surface area contributed by atoms with Gasteiger partial charge in [-0.2, -0.15) is 0 Å². The molecule has 1 aromatic carbocycles. The number of ether oxygens (including phenoxy) is 1. The van der Waals surface area contributed by atoms with Gasteiger partial charge in [-0.15, -0.1) is 0 Å². The number of benzene rings is 1. The Morgan fingerprint density at radius 3 is 2.73 bits per heavy atom. The molecule has 0 fully saturated rings. The first-order chi connectivity index (χ1) is 10.6. The lowest BCUT2D eigenvalue weighted by molar-refractivity contribution is -0.137. The Bertz CT molecular complexity index is 511. The van der Waals surface area contributed by atoms with Gasteiger partial charge in [0.05, 0.1) is 6.61 Å². The van der Waals surface area contributed by atoms with E-state index in [2.05, 4.69) is 5.32 Å². The van der Waals surface area contributed by atoms with Crippen LogP contribution >= 0.6 is 0 Å². The second kappa shape index (κ2) is 10.4. The predicted molar refractivity (Wildman–Crippen MR) is 85.8 cm³/mol. The number of hydrogen-bond donors (Lipinski definition) is 2. The summed E-state index contributed by atoms with van der Waals surface area (Å²) in [7, 11) is 0. The Morgan fingerprint density at radius 1 is 1.23 bits per heavy atom. The van der Waals surface area contributed by atoms with E-state index in [1.165, 1.54) is 6.08 Å². The summed E-state index contributed by atoms with van der Waals surface area (Å²) in [6.45, 7) is 3.04. The maximum absolute atomic E-state index is 11.7. The fourth-order valence-corrected chi connectivity index (χ4v) is 1.92. The number of carboxylic acids is 1. The minimum absolute atomic E-state index is 0.162. The molecule has 120 valence electrons. The summed E-state index contributed by atoms with van der Waals surface area (Å²) in [5.41, 5.74) is 0.862. The molecule has 2 N–H and O–H groups in total. The van der Waals surface area contributed by atoms with Gasteiger partial charge in [-0.05, 0) is 31.9 Å². The second-order valence-corrected chi connectivity index (χ2v) is 4.80. The zero-order chi connectivity index (χ0) is 16.2. The fraction of sp³-hybridized carbons (Fsp3) is 0.412. The van der Waals surface area contributed by atoms with Gasteiger partial charge in [0.25, 0.3) is 0 Å². The van der Waals surface area contributed by atoms with Crippen LogP contribution in [0, 0.1) is 0 Å². The van der Waals surface area contributed by atoms with Gasteiger partial charge in [0.1, 0.15) is 5.75 Å². The summed E-state index contributed by atoms with van der Waals surface area (Å²) in [5.74, 6) is -0.188. The first kappa shape index (κ1) is 17.8. The normalized spacial score (nSPS) is 10.6. The summed E-state index contributed by atoms with van der Waals surface area (Å²) in [5, 5.41) is 11.3. The minimum Gasteiger partial charge on any atom is -0.493 e. The van der Waals surface area contributed by atoms with E-state index in [9.17, 15) is 9.59 Å². The number of amides is 1. The van der Waals surface area contributed by atoms with Crippen molar-refractivity contribution in [2.45, 2.75) is 32.6 Å². The summed E-state index contributed by atoms with van der Waals surface area (Å²) < 4.78 is 5.48. The molecule has 0 aliphatic carbocycles. The van der Waals surface area contributed by atoms with E-state index in [1.807, 2.05) is 31.2 Å². The van der Waals surface area contributed by atoms with Crippen LogP contribution in [0.25, 0.3) is 6.08 Å². The van der Waals surface area contributed by atoms with E-state index in [-0.39, 0.29) is 12.3 Å². The van der Waals surface area contributed by atoms with Crippen molar-refractivity contribution >= 4 is 18.0 Å². The Hall–Kier alpha value is -2.30. The Kier molecular flexibility index (Phi) is 8.42. The predicted octanol–water partition coefficient (Wildman–Crippen LogP) is 2.86.